The number of anilines is 1. The van der Waals surface area contributed by atoms with Gasteiger partial charge in [0.2, 0.25) is 0 Å². The molecule has 6 heteroatoms. The SMILES string of the molecule is O=C(O)c1ccc(O)c(NC(=O)N2CCCCCC2)c1. The van der Waals surface area contributed by atoms with Gasteiger partial charge in [0.15, 0.2) is 0 Å². The van der Waals surface area contributed by atoms with Crippen molar-refractivity contribution in [3.8, 4) is 5.75 Å². The molecule has 2 rings (SSSR count). The van der Waals surface area contributed by atoms with Crippen molar-refractivity contribution in [3.05, 3.63) is 23.8 Å². The molecule has 20 heavy (non-hydrogen) atoms. The number of carboxylic acid groups (broad SMARTS) is 1. The smallest absolute Gasteiger partial charge is 0.335 e. The molecule has 0 radical (unpaired) electrons. The van der Waals surface area contributed by atoms with Crippen LogP contribution in [-0.4, -0.2) is 40.2 Å². The number of carbonyl (C=O) groups excluding carboxylic acids is 1. The van der Waals surface area contributed by atoms with Gasteiger partial charge in [-0.05, 0) is 31.0 Å². The van der Waals surface area contributed by atoms with Gasteiger partial charge in [-0.2, -0.15) is 0 Å². The number of urea groups is 1. The molecule has 1 saturated heterocycles. The number of nitrogens with one attached hydrogen (secondary N) is 1. The van der Waals surface area contributed by atoms with Crippen LogP contribution in [0.4, 0.5) is 10.5 Å². The van der Waals surface area contributed by atoms with Crippen molar-refractivity contribution < 1.29 is 19.8 Å². The first-order chi connectivity index (χ1) is 9.58. The van der Waals surface area contributed by atoms with Gasteiger partial charge in [0.1, 0.15) is 5.75 Å². The number of aromatic hydroxyl groups is 1. The summed E-state index contributed by atoms with van der Waals surface area (Å²) in [5.41, 5.74) is 0.146. The van der Waals surface area contributed by atoms with Gasteiger partial charge in [0.25, 0.3) is 0 Å². The molecule has 108 valence electrons. The Morgan fingerprint density at radius 3 is 2.35 bits per heavy atom. The average molecular weight is 278 g/mol. The van der Waals surface area contributed by atoms with Crippen molar-refractivity contribution in [2.75, 3.05) is 18.4 Å². The lowest BCUT2D eigenvalue weighted by Gasteiger charge is -2.21. The predicted molar refractivity (Wildman–Crippen MR) is 74.1 cm³/mol. The number of amides is 2. The van der Waals surface area contributed by atoms with Crippen LogP contribution in [0.5, 0.6) is 5.75 Å². The first kappa shape index (κ1) is 14.2. The fourth-order valence-electron chi connectivity index (χ4n) is 2.24. The van der Waals surface area contributed by atoms with Gasteiger partial charge in [0.05, 0.1) is 11.3 Å². The second-order valence-electron chi connectivity index (χ2n) is 4.87. The third kappa shape index (κ3) is 3.40. The van der Waals surface area contributed by atoms with Crippen molar-refractivity contribution in [2.24, 2.45) is 0 Å². The molecule has 1 aromatic carbocycles. The second-order valence-corrected chi connectivity index (χ2v) is 4.87. The van der Waals surface area contributed by atoms with Gasteiger partial charge in [-0.25, -0.2) is 9.59 Å². The van der Waals surface area contributed by atoms with Crippen LogP contribution in [0, 0.1) is 0 Å². The van der Waals surface area contributed by atoms with Crippen LogP contribution >= 0.6 is 0 Å². The highest BCUT2D eigenvalue weighted by Gasteiger charge is 2.17. The van der Waals surface area contributed by atoms with E-state index >= 15 is 0 Å². The Morgan fingerprint density at radius 2 is 1.75 bits per heavy atom. The van der Waals surface area contributed by atoms with E-state index in [2.05, 4.69) is 5.32 Å². The van der Waals surface area contributed by atoms with E-state index in [-0.39, 0.29) is 23.0 Å². The van der Waals surface area contributed by atoms with Crippen LogP contribution in [-0.2, 0) is 0 Å². The van der Waals surface area contributed by atoms with Crippen LogP contribution in [0.1, 0.15) is 36.0 Å². The summed E-state index contributed by atoms with van der Waals surface area (Å²) in [6.45, 7) is 1.37. The summed E-state index contributed by atoms with van der Waals surface area (Å²) >= 11 is 0. The Kier molecular flexibility index (Phi) is 4.45. The van der Waals surface area contributed by atoms with E-state index < -0.39 is 5.97 Å². The maximum absolute atomic E-state index is 12.1. The van der Waals surface area contributed by atoms with Crippen LogP contribution < -0.4 is 5.32 Å². The minimum absolute atomic E-state index is 0.0222. The molecule has 3 N–H and O–H groups in total. The zero-order chi connectivity index (χ0) is 14.5. The first-order valence-electron chi connectivity index (χ1n) is 6.70. The van der Waals surface area contributed by atoms with Crippen molar-refractivity contribution in [2.45, 2.75) is 25.7 Å². The highest BCUT2D eigenvalue weighted by molar-refractivity contribution is 5.94. The number of phenolic OH excluding ortho intramolecular Hbond substituents is 1. The summed E-state index contributed by atoms with van der Waals surface area (Å²) < 4.78 is 0. The number of carboxylic acids is 1. The predicted octanol–water partition coefficient (Wildman–Crippen LogP) is 2.50. The second kappa shape index (κ2) is 6.27. The standard InChI is InChI=1S/C14H18N2O4/c17-12-6-5-10(13(18)19)9-11(12)15-14(20)16-7-3-1-2-4-8-16/h5-6,9,17H,1-4,7-8H2,(H,15,20)(H,18,19). The van der Waals surface area contributed by atoms with E-state index in [1.165, 1.54) is 18.2 Å². The van der Waals surface area contributed by atoms with E-state index in [0.717, 1.165) is 25.7 Å². The Hall–Kier alpha value is -2.24. The molecule has 1 aliphatic rings. The summed E-state index contributed by atoms with van der Waals surface area (Å²) in [4.78, 5) is 24.7. The Labute approximate surface area is 117 Å². The molecule has 2 amide bonds. The van der Waals surface area contributed by atoms with Crippen molar-refractivity contribution >= 4 is 17.7 Å². The average Bonchev–Trinajstić information content (AvgIpc) is 2.70. The molecule has 1 fully saturated rings. The minimum Gasteiger partial charge on any atom is -0.506 e. The van der Waals surface area contributed by atoms with Gasteiger partial charge in [0, 0.05) is 13.1 Å². The normalized spacial score (nSPS) is 15.5. The first-order valence-corrected chi connectivity index (χ1v) is 6.70. The molecule has 6 nitrogen and oxygen atoms in total. The summed E-state index contributed by atoms with van der Waals surface area (Å²) in [5.74, 6) is -1.24. The number of likely N-dealkylation sites (tertiary alicyclic amines) is 1. The molecule has 0 atom stereocenters. The van der Waals surface area contributed by atoms with Crippen LogP contribution in [0.2, 0.25) is 0 Å². The van der Waals surface area contributed by atoms with Gasteiger partial charge in [-0.3, -0.25) is 0 Å². The number of phenols is 1. The summed E-state index contributed by atoms with van der Waals surface area (Å²) in [5, 5.41) is 21.2. The topological polar surface area (TPSA) is 89.9 Å². The number of nitrogens with zero attached hydrogens (tertiary/aromatic N) is 1. The van der Waals surface area contributed by atoms with Crippen LogP contribution in [0.15, 0.2) is 18.2 Å². The number of carbonyl (C=O) groups is 2. The van der Waals surface area contributed by atoms with E-state index in [4.69, 9.17) is 5.11 Å². The zero-order valence-electron chi connectivity index (χ0n) is 11.1. The molecule has 0 aliphatic carbocycles. The maximum atomic E-state index is 12.1. The van der Waals surface area contributed by atoms with E-state index in [9.17, 15) is 14.7 Å². The quantitative estimate of drug-likeness (QED) is 0.725. The fraction of sp³-hybridized carbons (Fsp3) is 0.429. The lowest BCUT2D eigenvalue weighted by Crippen LogP contribution is -2.35. The third-order valence-electron chi connectivity index (χ3n) is 3.38. The number of hydrogen-bond donors (Lipinski definition) is 3. The van der Waals surface area contributed by atoms with Gasteiger partial charge in [-0.1, -0.05) is 12.8 Å². The summed E-state index contributed by atoms with van der Waals surface area (Å²) in [7, 11) is 0. The maximum Gasteiger partial charge on any atom is 0.335 e. The Morgan fingerprint density at radius 1 is 1.10 bits per heavy atom. The van der Waals surface area contributed by atoms with E-state index in [1.54, 1.807) is 4.90 Å². The molecule has 0 bridgehead atoms. The molecule has 0 spiro atoms. The molecule has 0 saturated carbocycles. The van der Waals surface area contributed by atoms with E-state index in [1.807, 2.05) is 0 Å². The lowest BCUT2D eigenvalue weighted by atomic mass is 10.2. The highest BCUT2D eigenvalue weighted by atomic mass is 16.4. The molecular formula is C14H18N2O4. The Balaban J connectivity index is 2.10. The number of rotatable bonds is 2. The molecule has 1 aromatic rings. The molecule has 1 heterocycles. The fourth-order valence-corrected chi connectivity index (χ4v) is 2.24. The summed E-state index contributed by atoms with van der Waals surface area (Å²) in [6.07, 6.45) is 4.16. The van der Waals surface area contributed by atoms with Crippen LogP contribution in [0.3, 0.4) is 0 Å². The minimum atomic E-state index is -1.10. The molecule has 1 aliphatic heterocycles. The molecule has 0 unspecified atom stereocenters. The Bertz CT molecular complexity index is 508. The monoisotopic (exact) mass is 278 g/mol. The lowest BCUT2D eigenvalue weighted by molar-refractivity contribution is 0.0697. The molecular weight excluding hydrogens is 260 g/mol. The number of aromatic carboxylic acids is 1. The summed E-state index contributed by atoms with van der Waals surface area (Å²) in [6, 6.07) is 3.51. The highest BCUT2D eigenvalue weighted by Crippen LogP contribution is 2.25. The van der Waals surface area contributed by atoms with Crippen molar-refractivity contribution in [1.82, 2.24) is 4.90 Å². The van der Waals surface area contributed by atoms with Gasteiger partial charge in [-0.15, -0.1) is 0 Å². The third-order valence-corrected chi connectivity index (χ3v) is 3.38. The van der Waals surface area contributed by atoms with Crippen LogP contribution in [0.25, 0.3) is 0 Å². The van der Waals surface area contributed by atoms with E-state index in [0.29, 0.717) is 13.1 Å². The van der Waals surface area contributed by atoms with Gasteiger partial charge >= 0.3 is 12.0 Å². The number of hydrogen-bond acceptors (Lipinski definition) is 3. The number of benzene rings is 1. The van der Waals surface area contributed by atoms with Crippen molar-refractivity contribution in [3.63, 3.8) is 0 Å². The molecule has 0 aromatic heterocycles. The van der Waals surface area contributed by atoms with Gasteiger partial charge < -0.3 is 20.4 Å². The zero-order valence-corrected chi connectivity index (χ0v) is 11.1. The largest absolute Gasteiger partial charge is 0.506 e. The van der Waals surface area contributed by atoms with Crippen molar-refractivity contribution in [1.29, 1.82) is 0 Å².